The van der Waals surface area contributed by atoms with Gasteiger partial charge < -0.3 is 5.32 Å². The second kappa shape index (κ2) is 7.26. The Bertz CT molecular complexity index is 395. The van der Waals surface area contributed by atoms with E-state index in [1.165, 1.54) is 43.2 Å². The summed E-state index contributed by atoms with van der Waals surface area (Å²) in [5.41, 5.74) is 2.89. The van der Waals surface area contributed by atoms with Gasteiger partial charge in [0.1, 0.15) is 0 Å². The zero-order chi connectivity index (χ0) is 14.5. The van der Waals surface area contributed by atoms with E-state index >= 15 is 0 Å². The highest BCUT2D eigenvalue weighted by Crippen LogP contribution is 2.30. The van der Waals surface area contributed by atoms with Gasteiger partial charge in [0.15, 0.2) is 0 Å². The molecule has 4 atom stereocenters. The Hall–Kier alpha value is -0.820. The van der Waals surface area contributed by atoms with Crippen molar-refractivity contribution in [3.8, 4) is 0 Å². The van der Waals surface area contributed by atoms with Crippen molar-refractivity contribution in [2.45, 2.75) is 71.9 Å². The minimum Gasteiger partial charge on any atom is -0.307 e. The summed E-state index contributed by atoms with van der Waals surface area (Å²) < 4.78 is 0. The molecular weight excluding hydrogens is 242 g/mol. The Labute approximate surface area is 125 Å². The predicted octanol–water partition coefficient (Wildman–Crippen LogP) is 5.11. The third kappa shape index (κ3) is 4.09. The molecule has 0 bridgehead atoms. The van der Waals surface area contributed by atoms with Gasteiger partial charge in [-0.15, -0.1) is 0 Å². The first-order chi connectivity index (χ1) is 9.60. The summed E-state index contributed by atoms with van der Waals surface area (Å²) in [7, 11) is 0. The fourth-order valence-electron chi connectivity index (χ4n) is 3.59. The van der Waals surface area contributed by atoms with Crippen LogP contribution in [-0.2, 0) is 6.42 Å². The first-order valence-corrected chi connectivity index (χ1v) is 8.45. The first kappa shape index (κ1) is 15.6. The van der Waals surface area contributed by atoms with E-state index < -0.39 is 0 Å². The quantitative estimate of drug-likeness (QED) is 0.785. The van der Waals surface area contributed by atoms with Crippen molar-refractivity contribution in [2.75, 3.05) is 0 Å². The van der Waals surface area contributed by atoms with Gasteiger partial charge in [-0.2, -0.15) is 0 Å². The van der Waals surface area contributed by atoms with Crippen LogP contribution in [0, 0.1) is 11.8 Å². The Kier molecular flexibility index (Phi) is 5.65. The van der Waals surface area contributed by atoms with E-state index in [2.05, 4.69) is 57.3 Å². The standard InChI is InChI=1S/C19H31N/c1-5-6-17-8-10-18(11-9-17)16(4)20-19-12-7-14(2)13-15(19)3/h8-11,14-16,19-20H,5-7,12-13H2,1-4H3. The third-order valence-electron chi connectivity index (χ3n) is 4.91. The first-order valence-electron chi connectivity index (χ1n) is 8.45. The summed E-state index contributed by atoms with van der Waals surface area (Å²) in [5, 5.41) is 3.86. The minimum atomic E-state index is 0.464. The maximum absolute atomic E-state index is 3.86. The zero-order valence-electron chi connectivity index (χ0n) is 13.7. The molecule has 0 radical (unpaired) electrons. The fourth-order valence-corrected chi connectivity index (χ4v) is 3.59. The monoisotopic (exact) mass is 273 g/mol. The van der Waals surface area contributed by atoms with Crippen LogP contribution in [0.2, 0.25) is 0 Å². The van der Waals surface area contributed by atoms with E-state index in [0.29, 0.717) is 12.1 Å². The number of rotatable bonds is 5. The molecule has 0 amide bonds. The van der Waals surface area contributed by atoms with Gasteiger partial charge in [-0.1, -0.05) is 51.5 Å². The van der Waals surface area contributed by atoms with Crippen LogP contribution in [0.1, 0.15) is 70.5 Å². The SMILES string of the molecule is CCCc1ccc(C(C)NC2CCC(C)CC2C)cc1. The summed E-state index contributed by atoms with van der Waals surface area (Å²) >= 11 is 0. The normalized spacial score (nSPS) is 28.3. The van der Waals surface area contributed by atoms with E-state index in [1.54, 1.807) is 0 Å². The molecule has 0 heterocycles. The number of hydrogen-bond donors (Lipinski definition) is 1. The number of nitrogens with one attached hydrogen (secondary N) is 1. The average Bonchev–Trinajstić information content (AvgIpc) is 2.43. The molecule has 20 heavy (non-hydrogen) atoms. The second-order valence-electron chi connectivity index (χ2n) is 6.88. The van der Waals surface area contributed by atoms with Crippen LogP contribution in [0.3, 0.4) is 0 Å². The van der Waals surface area contributed by atoms with Crippen molar-refractivity contribution >= 4 is 0 Å². The molecule has 1 heteroatoms. The molecule has 0 aliphatic heterocycles. The lowest BCUT2D eigenvalue weighted by Gasteiger charge is -2.35. The lowest BCUT2D eigenvalue weighted by Crippen LogP contribution is -2.40. The molecule has 1 fully saturated rings. The van der Waals surface area contributed by atoms with Gasteiger partial charge >= 0.3 is 0 Å². The Morgan fingerprint density at radius 3 is 2.45 bits per heavy atom. The van der Waals surface area contributed by atoms with E-state index in [-0.39, 0.29) is 0 Å². The van der Waals surface area contributed by atoms with Crippen LogP contribution in [0.4, 0.5) is 0 Å². The van der Waals surface area contributed by atoms with E-state index in [0.717, 1.165) is 11.8 Å². The Morgan fingerprint density at radius 2 is 1.85 bits per heavy atom. The van der Waals surface area contributed by atoms with E-state index in [9.17, 15) is 0 Å². The van der Waals surface area contributed by atoms with Gasteiger partial charge in [0.2, 0.25) is 0 Å². The molecule has 0 saturated heterocycles. The van der Waals surface area contributed by atoms with Crippen molar-refractivity contribution in [2.24, 2.45) is 11.8 Å². The second-order valence-corrected chi connectivity index (χ2v) is 6.88. The highest BCUT2D eigenvalue weighted by atomic mass is 15.0. The van der Waals surface area contributed by atoms with E-state index in [4.69, 9.17) is 0 Å². The van der Waals surface area contributed by atoms with Gasteiger partial charge in [0.25, 0.3) is 0 Å². The number of hydrogen-bond acceptors (Lipinski definition) is 1. The molecule has 1 aromatic carbocycles. The van der Waals surface area contributed by atoms with Crippen LogP contribution in [0.15, 0.2) is 24.3 Å². The molecular formula is C19H31N. The topological polar surface area (TPSA) is 12.0 Å². The van der Waals surface area contributed by atoms with Crippen LogP contribution in [0.25, 0.3) is 0 Å². The largest absolute Gasteiger partial charge is 0.307 e. The Morgan fingerprint density at radius 1 is 1.15 bits per heavy atom. The van der Waals surface area contributed by atoms with Gasteiger partial charge in [-0.05, 0) is 55.6 Å². The maximum atomic E-state index is 3.86. The van der Waals surface area contributed by atoms with Crippen LogP contribution < -0.4 is 5.32 Å². The molecule has 4 unspecified atom stereocenters. The highest BCUT2D eigenvalue weighted by molar-refractivity contribution is 5.25. The molecule has 1 nitrogen and oxygen atoms in total. The smallest absolute Gasteiger partial charge is 0.0294 e. The Balaban J connectivity index is 1.92. The molecule has 2 rings (SSSR count). The van der Waals surface area contributed by atoms with Gasteiger partial charge in [0, 0.05) is 12.1 Å². The number of benzene rings is 1. The summed E-state index contributed by atoms with van der Waals surface area (Å²) in [4.78, 5) is 0. The molecule has 0 aromatic heterocycles. The fraction of sp³-hybridized carbons (Fsp3) is 0.684. The average molecular weight is 273 g/mol. The number of aryl methyl sites for hydroxylation is 1. The van der Waals surface area contributed by atoms with Crippen LogP contribution in [0.5, 0.6) is 0 Å². The van der Waals surface area contributed by atoms with Gasteiger partial charge in [0.05, 0.1) is 0 Å². The highest BCUT2D eigenvalue weighted by Gasteiger charge is 2.26. The molecule has 112 valence electrons. The zero-order valence-corrected chi connectivity index (χ0v) is 13.7. The van der Waals surface area contributed by atoms with Crippen molar-refractivity contribution in [3.63, 3.8) is 0 Å². The molecule has 1 aliphatic rings. The third-order valence-corrected chi connectivity index (χ3v) is 4.91. The predicted molar refractivity (Wildman–Crippen MR) is 88.0 cm³/mol. The van der Waals surface area contributed by atoms with Gasteiger partial charge in [-0.3, -0.25) is 0 Å². The van der Waals surface area contributed by atoms with Crippen LogP contribution >= 0.6 is 0 Å². The summed E-state index contributed by atoms with van der Waals surface area (Å²) in [6, 6.07) is 10.4. The van der Waals surface area contributed by atoms with Crippen molar-refractivity contribution < 1.29 is 0 Å². The van der Waals surface area contributed by atoms with Crippen molar-refractivity contribution in [3.05, 3.63) is 35.4 Å². The van der Waals surface area contributed by atoms with E-state index in [1.807, 2.05) is 0 Å². The molecule has 1 saturated carbocycles. The maximum Gasteiger partial charge on any atom is 0.0294 e. The lowest BCUT2D eigenvalue weighted by molar-refractivity contribution is 0.216. The van der Waals surface area contributed by atoms with Crippen molar-refractivity contribution in [1.29, 1.82) is 0 Å². The molecule has 1 aromatic rings. The van der Waals surface area contributed by atoms with Crippen LogP contribution in [-0.4, -0.2) is 6.04 Å². The van der Waals surface area contributed by atoms with Gasteiger partial charge in [-0.25, -0.2) is 0 Å². The summed E-state index contributed by atoms with van der Waals surface area (Å²) in [5.74, 6) is 1.72. The van der Waals surface area contributed by atoms with Crippen molar-refractivity contribution in [1.82, 2.24) is 5.32 Å². The minimum absolute atomic E-state index is 0.464. The molecule has 1 N–H and O–H groups in total. The summed E-state index contributed by atoms with van der Waals surface area (Å²) in [6.07, 6.45) is 6.51. The molecule has 1 aliphatic carbocycles. The summed E-state index contributed by atoms with van der Waals surface area (Å²) in [6.45, 7) is 9.34. The molecule has 0 spiro atoms. The lowest BCUT2D eigenvalue weighted by atomic mass is 9.79.